The molecule has 0 unspecified atom stereocenters. The number of aromatic nitrogens is 1. The topological polar surface area (TPSA) is 42.0 Å². The van der Waals surface area contributed by atoms with Crippen molar-refractivity contribution >= 4 is 54.2 Å². The molecule has 3 nitrogen and oxygen atoms in total. The highest BCUT2D eigenvalue weighted by Crippen LogP contribution is 2.66. The minimum absolute atomic E-state index is 0.00519. The van der Waals surface area contributed by atoms with Crippen molar-refractivity contribution < 1.29 is 4.79 Å². The molecule has 15 heavy (non-hydrogen) atoms. The van der Waals surface area contributed by atoms with Crippen LogP contribution in [0.1, 0.15) is 18.2 Å². The molecule has 0 aromatic carbocycles. The van der Waals surface area contributed by atoms with Gasteiger partial charge in [-0.05, 0) is 20.3 Å². The maximum absolute atomic E-state index is 11.9. The lowest BCUT2D eigenvalue weighted by molar-refractivity contribution is -0.120. The molecule has 2 rings (SSSR count). The molecular weight excluding hydrogens is 344 g/mol. The first-order valence-electron chi connectivity index (χ1n) is 4.47. The van der Waals surface area contributed by atoms with Crippen molar-refractivity contribution in [1.82, 2.24) is 4.98 Å². The Morgan fingerprint density at radius 3 is 2.67 bits per heavy atom. The van der Waals surface area contributed by atoms with E-state index < -0.39 is 0 Å². The molecule has 1 aromatic heterocycles. The van der Waals surface area contributed by atoms with E-state index in [1.807, 2.05) is 13.8 Å². The third-order valence-electron chi connectivity index (χ3n) is 2.60. The van der Waals surface area contributed by atoms with E-state index in [0.29, 0.717) is 5.13 Å². The second kappa shape index (κ2) is 3.53. The van der Waals surface area contributed by atoms with Gasteiger partial charge in [-0.2, -0.15) is 0 Å². The number of anilines is 1. The van der Waals surface area contributed by atoms with Gasteiger partial charge < -0.3 is 5.32 Å². The zero-order valence-corrected chi connectivity index (χ0v) is 12.3. The Hall–Kier alpha value is 0.0600. The van der Waals surface area contributed by atoms with Gasteiger partial charge in [-0.25, -0.2) is 4.98 Å². The van der Waals surface area contributed by atoms with E-state index in [1.165, 1.54) is 11.3 Å². The van der Waals surface area contributed by atoms with Gasteiger partial charge in [0.15, 0.2) is 5.13 Å². The van der Waals surface area contributed by atoms with Gasteiger partial charge in [-0.1, -0.05) is 31.9 Å². The molecule has 1 heterocycles. The molecule has 0 bridgehead atoms. The number of nitrogens with zero attached hydrogens (tertiary/aromatic N) is 1. The molecule has 0 radical (unpaired) electrons. The summed E-state index contributed by atoms with van der Waals surface area (Å²) in [5.41, 5.74) is -0.382. The van der Waals surface area contributed by atoms with Gasteiger partial charge in [0.05, 0.1) is 8.65 Å². The largest absolute Gasteiger partial charge is 0.301 e. The highest BCUT2D eigenvalue weighted by molar-refractivity contribution is 9.25. The first kappa shape index (κ1) is 11.5. The molecule has 1 aromatic rings. The van der Waals surface area contributed by atoms with Crippen molar-refractivity contribution in [3.8, 4) is 0 Å². The van der Waals surface area contributed by atoms with Gasteiger partial charge in [0.2, 0.25) is 5.91 Å². The number of nitrogens with one attached hydrogen (secondary N) is 1. The quantitative estimate of drug-likeness (QED) is 0.829. The summed E-state index contributed by atoms with van der Waals surface area (Å²) in [4.78, 5) is 17.1. The smallest absolute Gasteiger partial charge is 0.234 e. The predicted octanol–water partition coefficient (Wildman–Crippen LogP) is 3.29. The molecule has 0 saturated heterocycles. The summed E-state index contributed by atoms with van der Waals surface area (Å²) in [5, 5.41) is 3.50. The van der Waals surface area contributed by atoms with E-state index in [0.717, 1.165) is 11.3 Å². The standard InChI is InChI=1S/C9H10Br2N2OS/c1-5-3-12-7(15-5)13-6(14)8(2)4-9(8,10)11/h3H,4H2,1-2H3,(H,12,13,14)/t8-/m0/s1. The molecule has 1 atom stereocenters. The fraction of sp³-hybridized carbons (Fsp3) is 0.556. The summed E-state index contributed by atoms with van der Waals surface area (Å²) in [7, 11) is 0. The lowest BCUT2D eigenvalue weighted by Gasteiger charge is -2.10. The van der Waals surface area contributed by atoms with Crippen LogP contribution in [-0.4, -0.2) is 14.1 Å². The molecule has 1 N–H and O–H groups in total. The minimum Gasteiger partial charge on any atom is -0.301 e. The van der Waals surface area contributed by atoms with Crippen molar-refractivity contribution in [1.29, 1.82) is 0 Å². The van der Waals surface area contributed by atoms with Crippen LogP contribution in [0.25, 0.3) is 0 Å². The molecule has 1 amide bonds. The van der Waals surface area contributed by atoms with Crippen molar-refractivity contribution in [3.63, 3.8) is 0 Å². The molecule has 1 saturated carbocycles. The Bertz CT molecular complexity index is 418. The average molecular weight is 354 g/mol. The lowest BCUT2D eigenvalue weighted by atomic mass is 10.1. The Labute approximate surface area is 109 Å². The molecule has 1 aliphatic rings. The number of hydrogen-bond donors (Lipinski definition) is 1. The van der Waals surface area contributed by atoms with Crippen LogP contribution in [-0.2, 0) is 4.79 Å². The van der Waals surface area contributed by atoms with E-state index in [1.54, 1.807) is 6.20 Å². The number of carbonyl (C=O) groups excluding carboxylic acids is 1. The minimum atomic E-state index is -0.382. The second-order valence-electron chi connectivity index (χ2n) is 3.94. The third kappa shape index (κ3) is 1.99. The van der Waals surface area contributed by atoms with E-state index in [9.17, 15) is 4.79 Å². The van der Waals surface area contributed by atoms with Gasteiger partial charge in [0.1, 0.15) is 0 Å². The van der Waals surface area contributed by atoms with Crippen molar-refractivity contribution in [2.75, 3.05) is 5.32 Å². The van der Waals surface area contributed by atoms with E-state index in [2.05, 4.69) is 42.2 Å². The van der Waals surface area contributed by atoms with Crippen LogP contribution in [0.5, 0.6) is 0 Å². The van der Waals surface area contributed by atoms with E-state index in [4.69, 9.17) is 0 Å². The molecule has 82 valence electrons. The molecule has 0 aliphatic heterocycles. The zero-order chi connectivity index (χ0) is 11.3. The normalized spacial score (nSPS) is 27.5. The first-order valence-corrected chi connectivity index (χ1v) is 6.87. The van der Waals surface area contributed by atoms with Gasteiger partial charge in [-0.15, -0.1) is 11.3 Å². The van der Waals surface area contributed by atoms with E-state index >= 15 is 0 Å². The van der Waals surface area contributed by atoms with Crippen molar-refractivity contribution in [3.05, 3.63) is 11.1 Å². The van der Waals surface area contributed by atoms with Gasteiger partial charge in [0.25, 0.3) is 0 Å². The van der Waals surface area contributed by atoms with Crippen LogP contribution in [0, 0.1) is 12.3 Å². The Kier molecular flexibility index (Phi) is 2.72. The first-order chi connectivity index (χ1) is 6.85. The fourth-order valence-corrected chi connectivity index (χ4v) is 3.43. The van der Waals surface area contributed by atoms with Gasteiger partial charge >= 0.3 is 0 Å². The van der Waals surface area contributed by atoms with Gasteiger partial charge in [0, 0.05) is 11.1 Å². The van der Waals surface area contributed by atoms with Crippen molar-refractivity contribution in [2.45, 2.75) is 23.5 Å². The summed E-state index contributed by atoms with van der Waals surface area (Å²) in [6, 6.07) is 0. The van der Waals surface area contributed by atoms with Crippen LogP contribution < -0.4 is 5.32 Å². The Morgan fingerprint density at radius 1 is 1.67 bits per heavy atom. The molecule has 1 fully saturated rings. The van der Waals surface area contributed by atoms with Crippen LogP contribution in [0.4, 0.5) is 5.13 Å². The SMILES string of the molecule is Cc1cnc(NC(=O)[C@]2(C)CC2(Br)Br)s1. The Morgan fingerprint density at radius 2 is 2.27 bits per heavy atom. The molecule has 1 aliphatic carbocycles. The number of carbonyl (C=O) groups is 1. The number of halogens is 2. The number of amides is 1. The number of aryl methyl sites for hydroxylation is 1. The van der Waals surface area contributed by atoms with Crippen molar-refractivity contribution in [2.24, 2.45) is 5.41 Å². The fourth-order valence-electron chi connectivity index (χ4n) is 1.29. The highest BCUT2D eigenvalue weighted by Gasteiger charge is 2.66. The lowest BCUT2D eigenvalue weighted by Crippen LogP contribution is -2.25. The maximum atomic E-state index is 11.9. The summed E-state index contributed by atoms with van der Waals surface area (Å²) < 4.78 is -0.247. The number of hydrogen-bond acceptors (Lipinski definition) is 3. The third-order valence-corrected chi connectivity index (χ3v) is 5.74. The summed E-state index contributed by atoms with van der Waals surface area (Å²) in [6.45, 7) is 3.89. The summed E-state index contributed by atoms with van der Waals surface area (Å²) in [6.07, 6.45) is 2.54. The van der Waals surface area contributed by atoms with E-state index in [-0.39, 0.29) is 14.6 Å². The number of thiazole rings is 1. The van der Waals surface area contributed by atoms with Crippen LogP contribution in [0.2, 0.25) is 0 Å². The maximum Gasteiger partial charge on any atom is 0.234 e. The van der Waals surface area contributed by atoms with Crippen LogP contribution in [0.3, 0.4) is 0 Å². The summed E-state index contributed by atoms with van der Waals surface area (Å²) >= 11 is 8.42. The second-order valence-corrected chi connectivity index (χ2v) is 8.95. The molecule has 0 spiro atoms. The predicted molar refractivity (Wildman–Crippen MR) is 68.8 cm³/mol. The molecular formula is C9H10Br2N2OS. The molecule has 6 heteroatoms. The van der Waals surface area contributed by atoms with Gasteiger partial charge in [-0.3, -0.25) is 4.79 Å². The highest BCUT2D eigenvalue weighted by atomic mass is 79.9. The number of rotatable bonds is 2. The average Bonchev–Trinajstić information content (AvgIpc) is 2.47. The van der Waals surface area contributed by atoms with Crippen LogP contribution >= 0.6 is 43.2 Å². The summed E-state index contributed by atoms with van der Waals surface area (Å²) in [5.74, 6) is 0.00519. The monoisotopic (exact) mass is 352 g/mol. The zero-order valence-electron chi connectivity index (χ0n) is 8.30. The number of alkyl halides is 2. The Balaban J connectivity index is 2.06. The van der Waals surface area contributed by atoms with Crippen LogP contribution in [0.15, 0.2) is 6.20 Å².